The fourth-order valence-electron chi connectivity index (χ4n) is 2.69. The first-order chi connectivity index (χ1) is 11.6. The van der Waals surface area contributed by atoms with E-state index in [1.165, 1.54) is 10.5 Å². The number of thioether (sulfide) groups is 1. The number of nitrogens with zero attached hydrogens (tertiary/aromatic N) is 1. The largest absolute Gasteiger partial charge is 0.393 e. The van der Waals surface area contributed by atoms with Gasteiger partial charge in [0.1, 0.15) is 0 Å². The van der Waals surface area contributed by atoms with Gasteiger partial charge in [0.15, 0.2) is 0 Å². The van der Waals surface area contributed by atoms with E-state index in [2.05, 4.69) is 0 Å². The molecule has 1 aliphatic rings. The first kappa shape index (κ1) is 17.3. The predicted octanol–water partition coefficient (Wildman–Crippen LogP) is 4.23. The van der Waals surface area contributed by atoms with Gasteiger partial charge in [-0.25, -0.2) is 0 Å². The minimum Gasteiger partial charge on any atom is -0.393 e. The lowest BCUT2D eigenvalue weighted by Gasteiger charge is -2.29. The van der Waals surface area contributed by atoms with Crippen LogP contribution in [0.5, 0.6) is 0 Å². The van der Waals surface area contributed by atoms with E-state index >= 15 is 0 Å². The van der Waals surface area contributed by atoms with Crippen molar-refractivity contribution < 1.29 is 9.90 Å². The number of carbonyl (C=O) groups is 1. The van der Waals surface area contributed by atoms with Crippen molar-refractivity contribution in [1.82, 2.24) is 4.90 Å². The van der Waals surface area contributed by atoms with Crippen LogP contribution in [0.25, 0.3) is 0 Å². The van der Waals surface area contributed by atoms with E-state index in [9.17, 15) is 9.90 Å². The number of benzene rings is 2. The summed E-state index contributed by atoms with van der Waals surface area (Å²) in [6.45, 7) is 1.27. The molecule has 0 aromatic heterocycles. The van der Waals surface area contributed by atoms with Gasteiger partial charge in [0, 0.05) is 34.3 Å². The molecule has 0 saturated carbocycles. The molecule has 1 N–H and O–H groups in total. The Labute approximate surface area is 151 Å². The molecule has 2 aromatic carbocycles. The maximum atomic E-state index is 12.5. The average molecular weight is 362 g/mol. The molecule has 5 heteroatoms. The van der Waals surface area contributed by atoms with Gasteiger partial charge in [-0.2, -0.15) is 0 Å². The Kier molecular flexibility index (Phi) is 5.82. The van der Waals surface area contributed by atoms with Gasteiger partial charge in [-0.1, -0.05) is 23.7 Å². The zero-order valence-corrected chi connectivity index (χ0v) is 14.9. The zero-order valence-electron chi connectivity index (χ0n) is 13.3. The second-order valence-electron chi connectivity index (χ2n) is 5.96. The highest BCUT2D eigenvalue weighted by Gasteiger charge is 2.22. The van der Waals surface area contributed by atoms with Crippen LogP contribution >= 0.6 is 23.4 Å². The van der Waals surface area contributed by atoms with Crippen LogP contribution in [0.1, 0.15) is 28.8 Å². The maximum Gasteiger partial charge on any atom is 0.253 e. The second-order valence-corrected chi connectivity index (χ2v) is 7.45. The van der Waals surface area contributed by atoms with E-state index in [-0.39, 0.29) is 12.0 Å². The van der Waals surface area contributed by atoms with E-state index in [0.29, 0.717) is 31.5 Å². The molecule has 24 heavy (non-hydrogen) atoms. The van der Waals surface area contributed by atoms with Crippen molar-refractivity contribution in [3.63, 3.8) is 0 Å². The Hall–Kier alpha value is -1.49. The lowest BCUT2D eigenvalue weighted by molar-refractivity contribution is 0.0546. The van der Waals surface area contributed by atoms with E-state index < -0.39 is 0 Å². The smallest absolute Gasteiger partial charge is 0.253 e. The number of piperidine rings is 1. The maximum absolute atomic E-state index is 12.5. The fourth-order valence-corrected chi connectivity index (χ4v) is 3.67. The van der Waals surface area contributed by atoms with Crippen LogP contribution in [0.15, 0.2) is 53.4 Å². The Balaban J connectivity index is 1.56. The van der Waals surface area contributed by atoms with Crippen LogP contribution in [0, 0.1) is 0 Å². The van der Waals surface area contributed by atoms with Crippen LogP contribution < -0.4 is 0 Å². The third-order valence-electron chi connectivity index (χ3n) is 4.17. The molecule has 3 nitrogen and oxygen atoms in total. The number of carbonyl (C=O) groups excluding carboxylic acids is 1. The Morgan fingerprint density at radius 2 is 1.71 bits per heavy atom. The molecular formula is C19H20ClNO2S. The summed E-state index contributed by atoms with van der Waals surface area (Å²) >= 11 is 7.63. The molecule has 126 valence electrons. The first-order valence-corrected chi connectivity index (χ1v) is 9.43. The second kappa shape index (κ2) is 8.06. The van der Waals surface area contributed by atoms with Crippen molar-refractivity contribution in [1.29, 1.82) is 0 Å². The molecule has 0 bridgehead atoms. The van der Waals surface area contributed by atoms with Gasteiger partial charge in [-0.15, -0.1) is 11.8 Å². The summed E-state index contributed by atoms with van der Waals surface area (Å²) in [6.07, 6.45) is 1.07. The zero-order chi connectivity index (χ0) is 16.9. The average Bonchev–Trinajstić information content (AvgIpc) is 2.62. The number of hydrogen-bond donors (Lipinski definition) is 1. The quantitative estimate of drug-likeness (QED) is 0.828. The number of hydrogen-bond acceptors (Lipinski definition) is 3. The number of halogens is 1. The molecule has 0 aliphatic carbocycles. The molecule has 0 unspecified atom stereocenters. The Morgan fingerprint density at radius 3 is 2.33 bits per heavy atom. The Bertz CT molecular complexity index is 680. The van der Waals surface area contributed by atoms with Crippen LogP contribution in [0.3, 0.4) is 0 Å². The SMILES string of the molecule is O=C(c1ccc(CSc2ccc(Cl)cc2)cc1)N1CCC(O)CC1. The minimum atomic E-state index is -0.263. The number of likely N-dealkylation sites (tertiary alicyclic amines) is 1. The van der Waals surface area contributed by atoms with E-state index in [4.69, 9.17) is 11.6 Å². The molecule has 0 atom stereocenters. The Morgan fingerprint density at radius 1 is 1.08 bits per heavy atom. The van der Waals surface area contributed by atoms with Gasteiger partial charge in [-0.05, 0) is 54.8 Å². The molecular weight excluding hydrogens is 342 g/mol. The van der Waals surface area contributed by atoms with Gasteiger partial charge in [-0.3, -0.25) is 4.79 Å². The number of amides is 1. The van der Waals surface area contributed by atoms with Crippen LogP contribution in [-0.4, -0.2) is 35.1 Å². The third-order valence-corrected chi connectivity index (χ3v) is 5.51. The molecule has 2 aromatic rings. The summed E-state index contributed by atoms with van der Waals surface area (Å²) in [5.74, 6) is 0.908. The summed E-state index contributed by atoms with van der Waals surface area (Å²) in [5.41, 5.74) is 1.90. The van der Waals surface area contributed by atoms with Crippen LogP contribution in [0.2, 0.25) is 5.02 Å². The highest BCUT2D eigenvalue weighted by molar-refractivity contribution is 7.98. The van der Waals surface area contributed by atoms with Gasteiger partial charge < -0.3 is 10.0 Å². The molecule has 1 aliphatic heterocycles. The standard InChI is InChI=1S/C19H20ClNO2S/c20-16-5-7-18(8-6-16)24-13-14-1-3-15(4-2-14)19(23)21-11-9-17(22)10-12-21/h1-8,17,22H,9-13H2. The van der Waals surface area contributed by atoms with Crippen molar-refractivity contribution in [3.05, 3.63) is 64.7 Å². The van der Waals surface area contributed by atoms with Crippen molar-refractivity contribution in [2.45, 2.75) is 29.6 Å². The van der Waals surface area contributed by atoms with E-state index in [0.717, 1.165) is 10.8 Å². The summed E-state index contributed by atoms with van der Waals surface area (Å²) in [7, 11) is 0. The molecule has 1 amide bonds. The van der Waals surface area contributed by atoms with E-state index in [1.807, 2.05) is 53.4 Å². The van der Waals surface area contributed by atoms with Crippen molar-refractivity contribution in [3.8, 4) is 0 Å². The molecule has 3 rings (SSSR count). The highest BCUT2D eigenvalue weighted by atomic mass is 35.5. The number of aliphatic hydroxyl groups excluding tert-OH is 1. The van der Waals surface area contributed by atoms with Gasteiger partial charge >= 0.3 is 0 Å². The van der Waals surface area contributed by atoms with Crippen LogP contribution in [-0.2, 0) is 5.75 Å². The van der Waals surface area contributed by atoms with Crippen LogP contribution in [0.4, 0.5) is 0 Å². The predicted molar refractivity (Wildman–Crippen MR) is 98.6 cm³/mol. The summed E-state index contributed by atoms with van der Waals surface area (Å²) in [6, 6.07) is 15.6. The normalized spacial score (nSPS) is 15.5. The van der Waals surface area contributed by atoms with Gasteiger partial charge in [0.25, 0.3) is 5.91 Å². The molecule has 1 fully saturated rings. The fraction of sp³-hybridized carbons (Fsp3) is 0.316. The van der Waals surface area contributed by atoms with E-state index in [1.54, 1.807) is 11.8 Å². The molecule has 1 heterocycles. The topological polar surface area (TPSA) is 40.5 Å². The monoisotopic (exact) mass is 361 g/mol. The lowest BCUT2D eigenvalue weighted by Crippen LogP contribution is -2.40. The number of rotatable bonds is 4. The van der Waals surface area contributed by atoms with Gasteiger partial charge in [0.2, 0.25) is 0 Å². The van der Waals surface area contributed by atoms with Crippen molar-refractivity contribution >= 4 is 29.3 Å². The summed E-state index contributed by atoms with van der Waals surface area (Å²) in [5, 5.41) is 10.3. The number of aliphatic hydroxyl groups is 1. The summed E-state index contributed by atoms with van der Waals surface area (Å²) < 4.78 is 0. The van der Waals surface area contributed by atoms with Gasteiger partial charge in [0.05, 0.1) is 6.10 Å². The van der Waals surface area contributed by atoms with Crippen molar-refractivity contribution in [2.24, 2.45) is 0 Å². The molecule has 0 spiro atoms. The van der Waals surface area contributed by atoms with Crippen molar-refractivity contribution in [2.75, 3.05) is 13.1 Å². The third kappa shape index (κ3) is 4.53. The minimum absolute atomic E-state index is 0.0544. The summed E-state index contributed by atoms with van der Waals surface area (Å²) in [4.78, 5) is 15.5. The molecule has 1 saturated heterocycles. The lowest BCUT2D eigenvalue weighted by atomic mass is 10.1. The molecule has 0 radical (unpaired) electrons. The first-order valence-electron chi connectivity index (χ1n) is 8.06. The highest BCUT2D eigenvalue weighted by Crippen LogP contribution is 2.24.